The second-order valence-corrected chi connectivity index (χ2v) is 9.27. The first-order chi connectivity index (χ1) is 15.0. The quantitative estimate of drug-likeness (QED) is 0.433. The molecule has 0 aliphatic carbocycles. The van der Waals surface area contributed by atoms with E-state index in [0.717, 1.165) is 56.5 Å². The maximum Gasteiger partial charge on any atom is 0.290 e. The number of furan rings is 1. The first-order valence-electron chi connectivity index (χ1n) is 10.5. The summed E-state index contributed by atoms with van der Waals surface area (Å²) in [5.41, 5.74) is 4.39. The average molecular weight is 433 g/mol. The number of amides is 1. The van der Waals surface area contributed by atoms with E-state index >= 15 is 0 Å². The molecule has 3 aromatic heterocycles. The van der Waals surface area contributed by atoms with Gasteiger partial charge < -0.3 is 14.6 Å². The van der Waals surface area contributed by atoms with Crippen molar-refractivity contribution in [3.05, 3.63) is 70.2 Å². The van der Waals surface area contributed by atoms with Gasteiger partial charge in [0, 0.05) is 39.9 Å². The van der Waals surface area contributed by atoms with Gasteiger partial charge in [-0.15, -0.1) is 11.3 Å². The number of para-hydroxylation sites is 1. The Hall–Kier alpha value is -3.19. The molecule has 6 nitrogen and oxygen atoms in total. The monoisotopic (exact) mass is 432 g/mol. The third kappa shape index (κ3) is 3.70. The standard InChI is InChI=1S/C24H24N4O2S/c1-14-11-17(27-24-25-13-15(2)31-24)12-19(26-14)20-8-6-10-28(20)23(29)22-16(3)18-7-4-5-9-21(18)30-22/h4-5,7,9,11-13,20H,6,8,10H2,1-3H3,(H,25,26,27). The molecule has 0 spiro atoms. The number of hydrogen-bond donors (Lipinski definition) is 1. The number of pyridine rings is 1. The van der Waals surface area contributed by atoms with Crippen LogP contribution in [0.25, 0.3) is 11.0 Å². The summed E-state index contributed by atoms with van der Waals surface area (Å²) in [6.07, 6.45) is 3.69. The highest BCUT2D eigenvalue weighted by Crippen LogP contribution is 2.36. The summed E-state index contributed by atoms with van der Waals surface area (Å²) in [6.45, 7) is 6.66. The molecule has 158 valence electrons. The van der Waals surface area contributed by atoms with Crippen LogP contribution in [0.15, 0.2) is 47.0 Å². The van der Waals surface area contributed by atoms with Crippen molar-refractivity contribution in [2.75, 3.05) is 11.9 Å². The lowest BCUT2D eigenvalue weighted by Crippen LogP contribution is -2.31. The predicted octanol–water partition coefficient (Wildman–Crippen LogP) is 5.93. The molecule has 0 radical (unpaired) electrons. The van der Waals surface area contributed by atoms with Gasteiger partial charge in [-0.3, -0.25) is 9.78 Å². The number of aromatic nitrogens is 2. The number of carbonyl (C=O) groups excluding carboxylic acids is 1. The number of thiazole rings is 1. The van der Waals surface area contributed by atoms with Crippen LogP contribution in [0, 0.1) is 20.8 Å². The molecule has 1 atom stereocenters. The fraction of sp³-hybridized carbons (Fsp3) is 0.292. The van der Waals surface area contributed by atoms with Gasteiger partial charge in [-0.25, -0.2) is 4.98 Å². The molecular weight excluding hydrogens is 408 g/mol. The Bertz CT molecular complexity index is 1280. The zero-order valence-electron chi connectivity index (χ0n) is 17.8. The van der Waals surface area contributed by atoms with E-state index in [9.17, 15) is 4.79 Å². The molecule has 0 bridgehead atoms. The van der Waals surface area contributed by atoms with Gasteiger partial charge in [0.25, 0.3) is 5.91 Å². The maximum absolute atomic E-state index is 13.5. The lowest BCUT2D eigenvalue weighted by molar-refractivity contribution is 0.0702. The second kappa shape index (κ2) is 7.81. The third-order valence-electron chi connectivity index (χ3n) is 5.74. The van der Waals surface area contributed by atoms with E-state index in [1.165, 1.54) is 0 Å². The smallest absolute Gasteiger partial charge is 0.290 e. The average Bonchev–Trinajstić information content (AvgIpc) is 3.47. The molecular formula is C24H24N4O2S. The number of carbonyl (C=O) groups is 1. The summed E-state index contributed by atoms with van der Waals surface area (Å²) in [6, 6.07) is 11.8. The number of nitrogens with zero attached hydrogens (tertiary/aromatic N) is 3. The molecule has 1 amide bonds. The number of aryl methyl sites for hydroxylation is 3. The molecule has 4 aromatic rings. The molecule has 5 rings (SSSR count). The van der Waals surface area contributed by atoms with Crippen LogP contribution < -0.4 is 5.32 Å². The molecule has 31 heavy (non-hydrogen) atoms. The van der Waals surface area contributed by atoms with E-state index in [4.69, 9.17) is 9.40 Å². The van der Waals surface area contributed by atoms with Gasteiger partial charge in [0.1, 0.15) is 5.58 Å². The summed E-state index contributed by atoms with van der Waals surface area (Å²) in [5, 5.41) is 5.22. The van der Waals surface area contributed by atoms with Crippen molar-refractivity contribution in [3.63, 3.8) is 0 Å². The predicted molar refractivity (Wildman–Crippen MR) is 123 cm³/mol. The van der Waals surface area contributed by atoms with Crippen LogP contribution >= 0.6 is 11.3 Å². The van der Waals surface area contributed by atoms with Crippen molar-refractivity contribution >= 4 is 39.0 Å². The molecule has 0 saturated carbocycles. The van der Waals surface area contributed by atoms with E-state index in [2.05, 4.69) is 10.3 Å². The number of nitrogens with one attached hydrogen (secondary N) is 1. The van der Waals surface area contributed by atoms with Crippen LogP contribution in [-0.2, 0) is 0 Å². The summed E-state index contributed by atoms with van der Waals surface area (Å²) in [5.74, 6) is 0.363. The van der Waals surface area contributed by atoms with Gasteiger partial charge in [-0.05, 0) is 51.8 Å². The van der Waals surface area contributed by atoms with Crippen molar-refractivity contribution in [2.45, 2.75) is 39.7 Å². The molecule has 1 unspecified atom stereocenters. The minimum Gasteiger partial charge on any atom is -0.451 e. The number of fused-ring (bicyclic) bond motifs is 1. The van der Waals surface area contributed by atoms with Crippen LogP contribution in [0.1, 0.15) is 51.3 Å². The number of likely N-dealkylation sites (tertiary alicyclic amines) is 1. The highest BCUT2D eigenvalue weighted by Gasteiger charge is 2.34. The first-order valence-corrected chi connectivity index (χ1v) is 11.3. The molecule has 1 aromatic carbocycles. The van der Waals surface area contributed by atoms with Crippen LogP contribution in [0.2, 0.25) is 0 Å². The molecule has 1 fully saturated rings. The Balaban J connectivity index is 1.45. The third-order valence-corrected chi connectivity index (χ3v) is 6.57. The largest absolute Gasteiger partial charge is 0.451 e. The SMILES string of the molecule is Cc1cc(Nc2ncc(C)s2)cc(C2CCCN2C(=O)c2oc3ccccc3c2C)n1. The van der Waals surface area contributed by atoms with Crippen molar-refractivity contribution in [1.29, 1.82) is 0 Å². The van der Waals surface area contributed by atoms with Gasteiger partial charge in [-0.1, -0.05) is 18.2 Å². The fourth-order valence-electron chi connectivity index (χ4n) is 4.30. The van der Waals surface area contributed by atoms with E-state index in [-0.39, 0.29) is 11.9 Å². The Kier molecular flexibility index (Phi) is 4.98. The van der Waals surface area contributed by atoms with Crippen LogP contribution in [-0.4, -0.2) is 27.3 Å². The van der Waals surface area contributed by atoms with E-state index < -0.39 is 0 Å². The lowest BCUT2D eigenvalue weighted by Gasteiger charge is -2.24. The van der Waals surface area contributed by atoms with Gasteiger partial charge >= 0.3 is 0 Å². The molecule has 1 saturated heterocycles. The van der Waals surface area contributed by atoms with Gasteiger partial charge in [0.2, 0.25) is 0 Å². The Morgan fingerprint density at radius 1 is 1.23 bits per heavy atom. The zero-order valence-corrected chi connectivity index (χ0v) is 18.6. The zero-order chi connectivity index (χ0) is 21.5. The van der Waals surface area contributed by atoms with E-state index in [1.807, 2.05) is 68.3 Å². The van der Waals surface area contributed by atoms with Gasteiger partial charge in [-0.2, -0.15) is 0 Å². The Labute approximate surface area is 184 Å². The van der Waals surface area contributed by atoms with Crippen molar-refractivity contribution in [1.82, 2.24) is 14.9 Å². The van der Waals surface area contributed by atoms with Gasteiger partial charge in [0.15, 0.2) is 10.9 Å². The Morgan fingerprint density at radius 3 is 2.84 bits per heavy atom. The minimum atomic E-state index is -0.0707. The first kappa shape index (κ1) is 19.8. The minimum absolute atomic E-state index is 0.0652. The lowest BCUT2D eigenvalue weighted by atomic mass is 10.1. The highest BCUT2D eigenvalue weighted by atomic mass is 32.1. The number of benzene rings is 1. The summed E-state index contributed by atoms with van der Waals surface area (Å²) in [4.78, 5) is 25.7. The Morgan fingerprint density at radius 2 is 2.06 bits per heavy atom. The fourth-order valence-corrected chi connectivity index (χ4v) is 4.98. The van der Waals surface area contributed by atoms with Crippen LogP contribution in [0.4, 0.5) is 10.8 Å². The van der Waals surface area contributed by atoms with Crippen molar-refractivity contribution in [2.24, 2.45) is 0 Å². The van der Waals surface area contributed by atoms with Gasteiger partial charge in [0.05, 0.1) is 11.7 Å². The molecule has 1 aliphatic rings. The molecule has 1 N–H and O–H groups in total. The van der Waals surface area contributed by atoms with Crippen LogP contribution in [0.5, 0.6) is 0 Å². The highest BCUT2D eigenvalue weighted by molar-refractivity contribution is 7.15. The summed E-state index contributed by atoms with van der Waals surface area (Å²) < 4.78 is 5.96. The normalized spacial score (nSPS) is 16.2. The topological polar surface area (TPSA) is 71.3 Å². The molecule has 7 heteroatoms. The maximum atomic E-state index is 13.5. The summed E-state index contributed by atoms with van der Waals surface area (Å²) >= 11 is 1.61. The number of hydrogen-bond acceptors (Lipinski definition) is 6. The van der Waals surface area contributed by atoms with E-state index in [1.54, 1.807) is 11.3 Å². The van der Waals surface area contributed by atoms with Crippen molar-refractivity contribution < 1.29 is 9.21 Å². The second-order valence-electron chi connectivity index (χ2n) is 8.03. The number of anilines is 2. The molecule has 4 heterocycles. The van der Waals surface area contributed by atoms with Crippen LogP contribution in [0.3, 0.4) is 0 Å². The van der Waals surface area contributed by atoms with E-state index in [0.29, 0.717) is 12.3 Å². The van der Waals surface area contributed by atoms with Crippen molar-refractivity contribution in [3.8, 4) is 0 Å². The molecule has 1 aliphatic heterocycles. The number of rotatable bonds is 4. The summed E-state index contributed by atoms with van der Waals surface area (Å²) in [7, 11) is 0.